The number of hydrogen-bond donors (Lipinski definition) is 1. The Morgan fingerprint density at radius 3 is 3.16 bits per heavy atom. The second-order valence-electron chi connectivity index (χ2n) is 4.36. The van der Waals surface area contributed by atoms with Crippen LogP contribution in [0.3, 0.4) is 0 Å². The molecule has 0 aliphatic carbocycles. The van der Waals surface area contributed by atoms with Gasteiger partial charge >= 0.3 is 0 Å². The van der Waals surface area contributed by atoms with Gasteiger partial charge in [-0.25, -0.2) is 9.97 Å². The minimum Gasteiger partial charge on any atom is -0.493 e. The van der Waals surface area contributed by atoms with Gasteiger partial charge in [0.2, 0.25) is 5.28 Å². The fourth-order valence-electron chi connectivity index (χ4n) is 2.35. The highest BCUT2D eigenvalue weighted by Crippen LogP contribution is 2.32. The third-order valence-corrected chi connectivity index (χ3v) is 3.39. The van der Waals surface area contributed by atoms with Crippen molar-refractivity contribution in [2.24, 2.45) is 0 Å². The summed E-state index contributed by atoms with van der Waals surface area (Å²) < 4.78 is 5.51. The number of halogens is 1. The molecule has 0 atom stereocenters. The van der Waals surface area contributed by atoms with Gasteiger partial charge in [-0.3, -0.25) is 0 Å². The molecule has 4 rings (SSSR count). The van der Waals surface area contributed by atoms with Gasteiger partial charge in [-0.2, -0.15) is 4.98 Å². The van der Waals surface area contributed by atoms with Crippen LogP contribution in [0.2, 0.25) is 5.28 Å². The number of ether oxygens (including phenoxy) is 1. The Bertz CT molecular complexity index is 783. The average molecular weight is 273 g/mol. The number of imidazole rings is 1. The van der Waals surface area contributed by atoms with Crippen molar-refractivity contribution in [3.05, 3.63) is 35.4 Å². The molecule has 1 aliphatic heterocycles. The molecule has 0 saturated heterocycles. The first kappa shape index (κ1) is 10.8. The molecule has 5 nitrogen and oxygen atoms in total. The Hall–Kier alpha value is -2.14. The molecule has 3 aromatic rings. The summed E-state index contributed by atoms with van der Waals surface area (Å²) in [6, 6.07) is 6.03. The van der Waals surface area contributed by atoms with Crippen LogP contribution in [-0.2, 0) is 6.42 Å². The summed E-state index contributed by atoms with van der Waals surface area (Å²) in [7, 11) is 0. The summed E-state index contributed by atoms with van der Waals surface area (Å²) in [5, 5.41) is 0.200. The minimum absolute atomic E-state index is 0.200. The number of aromatic nitrogens is 4. The lowest BCUT2D eigenvalue weighted by molar-refractivity contribution is 0.357. The summed E-state index contributed by atoms with van der Waals surface area (Å²) in [4.78, 5) is 15.6. The van der Waals surface area contributed by atoms with E-state index in [4.69, 9.17) is 16.3 Å². The Kier molecular flexibility index (Phi) is 2.22. The molecule has 1 N–H and O–H groups in total. The average Bonchev–Trinajstić information content (AvgIpc) is 3.04. The van der Waals surface area contributed by atoms with Crippen molar-refractivity contribution in [2.45, 2.75) is 6.42 Å². The first-order valence-corrected chi connectivity index (χ1v) is 6.32. The molecule has 0 radical (unpaired) electrons. The molecule has 0 unspecified atom stereocenters. The van der Waals surface area contributed by atoms with E-state index >= 15 is 0 Å². The van der Waals surface area contributed by atoms with Crippen molar-refractivity contribution < 1.29 is 4.74 Å². The predicted octanol–water partition coefficient (Wildman–Crippen LogP) is 2.61. The fraction of sp³-hybridized carbons (Fsp3) is 0.154. The Morgan fingerprint density at radius 2 is 2.21 bits per heavy atom. The zero-order valence-electron chi connectivity index (χ0n) is 9.85. The molecule has 6 heteroatoms. The predicted molar refractivity (Wildman–Crippen MR) is 71.3 cm³/mol. The molecule has 0 fully saturated rings. The third-order valence-electron chi connectivity index (χ3n) is 3.22. The number of nitrogens with one attached hydrogen (secondary N) is 1. The highest BCUT2D eigenvalue weighted by molar-refractivity contribution is 6.28. The summed E-state index contributed by atoms with van der Waals surface area (Å²) in [6.07, 6.45) is 2.52. The highest BCUT2D eigenvalue weighted by Gasteiger charge is 2.16. The summed E-state index contributed by atoms with van der Waals surface area (Å²) in [5.74, 6) is 0.949. The van der Waals surface area contributed by atoms with Gasteiger partial charge in [0, 0.05) is 12.0 Å². The lowest BCUT2D eigenvalue weighted by atomic mass is 10.1. The normalized spacial score (nSPS) is 13.5. The van der Waals surface area contributed by atoms with Crippen LogP contribution < -0.4 is 4.74 Å². The topological polar surface area (TPSA) is 63.7 Å². The van der Waals surface area contributed by atoms with E-state index in [1.807, 2.05) is 12.1 Å². The zero-order valence-corrected chi connectivity index (χ0v) is 10.6. The smallest absolute Gasteiger partial charge is 0.225 e. The van der Waals surface area contributed by atoms with Crippen molar-refractivity contribution >= 4 is 22.8 Å². The van der Waals surface area contributed by atoms with E-state index < -0.39 is 0 Å². The van der Waals surface area contributed by atoms with Crippen LogP contribution in [0.25, 0.3) is 22.4 Å². The van der Waals surface area contributed by atoms with E-state index in [0.29, 0.717) is 5.65 Å². The molecule has 1 aliphatic rings. The van der Waals surface area contributed by atoms with Gasteiger partial charge in [0.1, 0.15) is 17.0 Å². The number of nitrogens with zero attached hydrogens (tertiary/aromatic N) is 3. The van der Waals surface area contributed by atoms with Crippen LogP contribution in [0.15, 0.2) is 24.5 Å². The van der Waals surface area contributed by atoms with Gasteiger partial charge in [0.25, 0.3) is 0 Å². The molecule has 3 heterocycles. The molecule has 2 aromatic heterocycles. The number of benzene rings is 1. The van der Waals surface area contributed by atoms with Crippen molar-refractivity contribution in [2.75, 3.05) is 6.61 Å². The second kappa shape index (κ2) is 3.93. The van der Waals surface area contributed by atoms with Gasteiger partial charge in [-0.1, -0.05) is 0 Å². The quantitative estimate of drug-likeness (QED) is 0.692. The first-order chi connectivity index (χ1) is 9.31. The molecule has 0 saturated carbocycles. The maximum atomic E-state index is 5.95. The number of fused-ring (bicyclic) bond motifs is 2. The molecular formula is C13H9ClN4O. The second-order valence-corrected chi connectivity index (χ2v) is 4.70. The van der Waals surface area contributed by atoms with Crippen molar-refractivity contribution in [1.82, 2.24) is 19.9 Å². The van der Waals surface area contributed by atoms with E-state index in [9.17, 15) is 0 Å². The van der Waals surface area contributed by atoms with Crippen LogP contribution in [0.1, 0.15) is 5.56 Å². The van der Waals surface area contributed by atoms with Gasteiger partial charge in [0.05, 0.1) is 12.9 Å². The fourth-order valence-corrected chi connectivity index (χ4v) is 2.51. The van der Waals surface area contributed by atoms with Gasteiger partial charge in [-0.15, -0.1) is 0 Å². The number of rotatable bonds is 1. The SMILES string of the molecule is Clc1nc(-c2ccc3c(c2)CCO3)c2[nH]cnc2n1. The van der Waals surface area contributed by atoms with E-state index in [1.54, 1.807) is 6.33 Å². The van der Waals surface area contributed by atoms with Crippen LogP contribution in [0, 0.1) is 0 Å². The number of aromatic amines is 1. The molecule has 19 heavy (non-hydrogen) atoms. The van der Waals surface area contributed by atoms with Crippen molar-refractivity contribution in [3.63, 3.8) is 0 Å². The first-order valence-electron chi connectivity index (χ1n) is 5.94. The van der Waals surface area contributed by atoms with E-state index in [1.165, 1.54) is 5.56 Å². The van der Waals surface area contributed by atoms with Gasteiger partial charge in [0.15, 0.2) is 5.65 Å². The Balaban J connectivity index is 1.96. The summed E-state index contributed by atoms with van der Waals surface area (Å²) in [5.41, 5.74) is 4.32. The largest absolute Gasteiger partial charge is 0.493 e. The number of H-pyrrole nitrogens is 1. The van der Waals surface area contributed by atoms with Gasteiger partial charge in [-0.05, 0) is 35.4 Å². The molecule has 94 valence electrons. The molecule has 0 bridgehead atoms. The van der Waals surface area contributed by atoms with E-state index in [0.717, 1.165) is 35.6 Å². The van der Waals surface area contributed by atoms with Crippen molar-refractivity contribution in [1.29, 1.82) is 0 Å². The Labute approximate surface area is 113 Å². The van der Waals surface area contributed by atoms with E-state index in [2.05, 4.69) is 26.0 Å². The molecular weight excluding hydrogens is 264 g/mol. The minimum atomic E-state index is 0.200. The summed E-state index contributed by atoms with van der Waals surface area (Å²) in [6.45, 7) is 0.739. The molecule has 0 spiro atoms. The third kappa shape index (κ3) is 1.66. The van der Waals surface area contributed by atoms with Gasteiger partial charge < -0.3 is 9.72 Å². The summed E-state index contributed by atoms with van der Waals surface area (Å²) >= 11 is 5.95. The standard InChI is InChI=1S/C13H9ClN4O/c14-13-17-10(11-12(18-13)16-6-15-11)8-1-2-9-7(5-8)3-4-19-9/h1-2,5-6H,3-4H2,(H,15,16,17,18). The Morgan fingerprint density at radius 1 is 1.26 bits per heavy atom. The number of hydrogen-bond acceptors (Lipinski definition) is 4. The lowest BCUT2D eigenvalue weighted by Crippen LogP contribution is -1.91. The zero-order chi connectivity index (χ0) is 12.8. The van der Waals surface area contributed by atoms with Crippen LogP contribution in [0.4, 0.5) is 0 Å². The molecule has 1 aromatic carbocycles. The van der Waals surface area contributed by atoms with E-state index in [-0.39, 0.29) is 5.28 Å². The molecule has 0 amide bonds. The van der Waals surface area contributed by atoms with Crippen LogP contribution in [-0.4, -0.2) is 26.5 Å². The van der Waals surface area contributed by atoms with Crippen LogP contribution >= 0.6 is 11.6 Å². The maximum absolute atomic E-state index is 5.95. The maximum Gasteiger partial charge on any atom is 0.225 e. The van der Waals surface area contributed by atoms with Crippen LogP contribution in [0.5, 0.6) is 5.75 Å². The highest BCUT2D eigenvalue weighted by atomic mass is 35.5. The monoisotopic (exact) mass is 272 g/mol. The van der Waals surface area contributed by atoms with Crippen molar-refractivity contribution in [3.8, 4) is 17.0 Å². The lowest BCUT2D eigenvalue weighted by Gasteiger charge is -2.05.